The zero-order chi connectivity index (χ0) is 18.3. The highest BCUT2D eigenvalue weighted by Gasteiger charge is 2.46. The van der Waals surface area contributed by atoms with E-state index in [9.17, 15) is 9.59 Å². The molecule has 0 aromatic rings. The third-order valence-corrected chi connectivity index (χ3v) is 7.11. The van der Waals surface area contributed by atoms with Gasteiger partial charge in [0.1, 0.15) is 0 Å². The van der Waals surface area contributed by atoms with Gasteiger partial charge in [0.05, 0.1) is 32.3 Å². The lowest BCUT2D eigenvalue weighted by atomic mass is 9.97. The molecule has 0 radical (unpaired) electrons. The van der Waals surface area contributed by atoms with E-state index in [0.29, 0.717) is 18.4 Å². The molecular formula is C13H18Cl6N2O2. The standard InChI is InChI=1S/C7H12N2O2.C6H6Cl6/c1-5(7(9)11)3-2-4-6(8)10;7-1-2(8)4(10)6(12)5(11)3(1)9/h1-4H2,(H2,8,10)(H2,9,11);1-6H/t;1-,2-,3-,4+,5+,6+. The zero-order valence-electron chi connectivity index (χ0n) is 12.0. The van der Waals surface area contributed by atoms with Gasteiger partial charge >= 0.3 is 0 Å². The molecule has 0 atom stereocenters. The van der Waals surface area contributed by atoms with Gasteiger partial charge < -0.3 is 11.5 Å². The molecule has 1 aliphatic carbocycles. The molecule has 1 rings (SSSR count). The predicted molar refractivity (Wildman–Crippen MR) is 99.2 cm³/mol. The minimum atomic E-state index is -0.519. The summed E-state index contributed by atoms with van der Waals surface area (Å²) in [5.41, 5.74) is 10.1. The van der Waals surface area contributed by atoms with Crippen LogP contribution in [-0.2, 0) is 9.59 Å². The highest BCUT2D eigenvalue weighted by Crippen LogP contribution is 2.39. The first kappa shape index (κ1) is 23.4. The Hall–Kier alpha value is 0.420. The zero-order valence-corrected chi connectivity index (χ0v) is 16.6. The summed E-state index contributed by atoms with van der Waals surface area (Å²) in [7, 11) is 0. The minimum absolute atomic E-state index is 0.270. The number of hydrogen-bond acceptors (Lipinski definition) is 2. The van der Waals surface area contributed by atoms with Crippen molar-refractivity contribution in [1.29, 1.82) is 0 Å². The number of alkyl halides is 6. The third kappa shape index (κ3) is 7.89. The van der Waals surface area contributed by atoms with Gasteiger partial charge in [-0.05, 0) is 12.8 Å². The van der Waals surface area contributed by atoms with Gasteiger partial charge in [-0.1, -0.05) is 6.58 Å². The Labute approximate surface area is 165 Å². The lowest BCUT2D eigenvalue weighted by Crippen LogP contribution is -2.52. The molecule has 134 valence electrons. The van der Waals surface area contributed by atoms with Crippen molar-refractivity contribution in [2.75, 3.05) is 0 Å². The predicted octanol–water partition coefficient (Wildman–Crippen LogP) is 3.33. The second kappa shape index (κ2) is 11.1. The molecule has 0 aromatic carbocycles. The number of halogens is 6. The molecule has 0 saturated heterocycles. The van der Waals surface area contributed by atoms with E-state index in [4.69, 9.17) is 81.1 Å². The summed E-state index contributed by atoms with van der Waals surface area (Å²) < 4.78 is 0. The summed E-state index contributed by atoms with van der Waals surface area (Å²) in [6, 6.07) is 0. The Morgan fingerprint density at radius 1 is 0.739 bits per heavy atom. The summed E-state index contributed by atoms with van der Waals surface area (Å²) in [5, 5.41) is -2.62. The quantitative estimate of drug-likeness (QED) is 0.501. The number of carbonyl (C=O) groups is 2. The van der Waals surface area contributed by atoms with Crippen LogP contribution in [0.1, 0.15) is 19.3 Å². The van der Waals surface area contributed by atoms with E-state index in [1.807, 2.05) is 0 Å². The third-order valence-electron chi connectivity index (χ3n) is 3.08. The van der Waals surface area contributed by atoms with Crippen LogP contribution in [0.15, 0.2) is 12.2 Å². The summed E-state index contributed by atoms with van der Waals surface area (Å²) in [6.07, 6.45) is 1.25. The fourth-order valence-corrected chi connectivity index (χ4v) is 3.98. The fourth-order valence-electron chi connectivity index (χ4n) is 1.65. The fraction of sp³-hybridized carbons (Fsp3) is 0.692. The molecule has 10 heteroatoms. The van der Waals surface area contributed by atoms with E-state index in [2.05, 4.69) is 6.58 Å². The van der Waals surface area contributed by atoms with Crippen LogP contribution in [0.25, 0.3) is 0 Å². The monoisotopic (exact) mass is 444 g/mol. The average Bonchev–Trinajstić information content (AvgIpc) is 2.49. The van der Waals surface area contributed by atoms with Crippen LogP contribution in [0.5, 0.6) is 0 Å². The molecular weight excluding hydrogens is 429 g/mol. The first-order valence-corrected chi connectivity index (χ1v) is 9.22. The average molecular weight is 447 g/mol. The normalized spacial score (nSPS) is 33.3. The van der Waals surface area contributed by atoms with Crippen molar-refractivity contribution in [3.63, 3.8) is 0 Å². The number of carbonyl (C=O) groups excluding carboxylic acids is 2. The molecule has 4 N–H and O–H groups in total. The van der Waals surface area contributed by atoms with Crippen molar-refractivity contribution in [3.05, 3.63) is 12.2 Å². The molecule has 0 heterocycles. The van der Waals surface area contributed by atoms with Crippen molar-refractivity contribution in [3.8, 4) is 0 Å². The number of hydrogen-bond donors (Lipinski definition) is 2. The summed E-state index contributed by atoms with van der Waals surface area (Å²) in [5.74, 6) is -0.892. The minimum Gasteiger partial charge on any atom is -0.370 e. The molecule has 23 heavy (non-hydrogen) atoms. The Kier molecular flexibility index (Phi) is 11.3. The van der Waals surface area contributed by atoms with Gasteiger partial charge in [0.25, 0.3) is 0 Å². The Balaban J connectivity index is 0.000000423. The van der Waals surface area contributed by atoms with E-state index in [0.717, 1.165) is 0 Å². The van der Waals surface area contributed by atoms with Crippen LogP contribution >= 0.6 is 69.6 Å². The molecule has 1 fully saturated rings. The molecule has 1 saturated carbocycles. The number of primary amides is 2. The number of rotatable bonds is 5. The van der Waals surface area contributed by atoms with Gasteiger partial charge in [-0.2, -0.15) is 0 Å². The van der Waals surface area contributed by atoms with Gasteiger partial charge in [-0.3, -0.25) is 9.59 Å². The molecule has 4 nitrogen and oxygen atoms in total. The highest BCUT2D eigenvalue weighted by molar-refractivity contribution is 6.45. The van der Waals surface area contributed by atoms with E-state index in [-0.39, 0.29) is 12.3 Å². The van der Waals surface area contributed by atoms with Gasteiger partial charge in [-0.25, -0.2) is 0 Å². The summed E-state index contributed by atoms with van der Waals surface area (Å²) in [4.78, 5) is 20.6. The van der Waals surface area contributed by atoms with E-state index < -0.39 is 38.2 Å². The summed E-state index contributed by atoms with van der Waals surface area (Å²) >= 11 is 35.3. The maximum Gasteiger partial charge on any atom is 0.244 e. The molecule has 1 aliphatic rings. The van der Waals surface area contributed by atoms with Crippen molar-refractivity contribution in [2.24, 2.45) is 11.5 Å². The highest BCUT2D eigenvalue weighted by atomic mass is 35.5. The SMILES string of the molecule is C=C(CCCC(N)=O)C(N)=O.Cl[C@H]1[C@H](Cl)[C@@H](Cl)[C@@H](Cl)[C@H](Cl)[C@H]1Cl. The van der Waals surface area contributed by atoms with Gasteiger partial charge in [0, 0.05) is 12.0 Å². The van der Waals surface area contributed by atoms with Gasteiger partial charge in [0.2, 0.25) is 11.8 Å². The number of amides is 2. The smallest absolute Gasteiger partial charge is 0.244 e. The van der Waals surface area contributed by atoms with Crippen LogP contribution in [0.4, 0.5) is 0 Å². The van der Waals surface area contributed by atoms with Crippen LogP contribution in [0.2, 0.25) is 0 Å². The first-order valence-electron chi connectivity index (χ1n) is 6.61. The topological polar surface area (TPSA) is 86.2 Å². The van der Waals surface area contributed by atoms with E-state index >= 15 is 0 Å². The Morgan fingerprint density at radius 2 is 1.04 bits per heavy atom. The second-order valence-electron chi connectivity index (χ2n) is 4.95. The van der Waals surface area contributed by atoms with Gasteiger partial charge in [-0.15, -0.1) is 69.6 Å². The van der Waals surface area contributed by atoms with Crippen molar-refractivity contribution >= 4 is 81.4 Å². The maximum absolute atomic E-state index is 10.4. The number of nitrogens with two attached hydrogens (primary N) is 2. The van der Waals surface area contributed by atoms with Crippen LogP contribution in [0.3, 0.4) is 0 Å². The van der Waals surface area contributed by atoms with Crippen molar-refractivity contribution in [2.45, 2.75) is 51.5 Å². The van der Waals surface area contributed by atoms with E-state index in [1.165, 1.54) is 0 Å². The van der Waals surface area contributed by atoms with Crippen molar-refractivity contribution in [1.82, 2.24) is 0 Å². The molecule has 0 unspecified atom stereocenters. The molecule has 0 spiro atoms. The van der Waals surface area contributed by atoms with Crippen LogP contribution < -0.4 is 11.5 Å². The lowest BCUT2D eigenvalue weighted by molar-refractivity contribution is -0.118. The van der Waals surface area contributed by atoms with Crippen LogP contribution in [0, 0.1) is 0 Å². The maximum atomic E-state index is 10.4. The van der Waals surface area contributed by atoms with Gasteiger partial charge in [0.15, 0.2) is 0 Å². The molecule has 2 amide bonds. The largest absolute Gasteiger partial charge is 0.370 e. The molecule has 0 bridgehead atoms. The van der Waals surface area contributed by atoms with Crippen molar-refractivity contribution < 1.29 is 9.59 Å². The summed E-state index contributed by atoms with van der Waals surface area (Å²) in [6.45, 7) is 3.42. The van der Waals surface area contributed by atoms with E-state index in [1.54, 1.807) is 0 Å². The lowest BCUT2D eigenvalue weighted by Gasteiger charge is -2.37. The first-order chi connectivity index (χ1) is 10.5. The van der Waals surface area contributed by atoms with Crippen LogP contribution in [-0.4, -0.2) is 44.1 Å². The molecule has 0 aromatic heterocycles. The molecule has 0 aliphatic heterocycles. The second-order valence-corrected chi connectivity index (χ2v) is 7.98. The Bertz CT molecular complexity index is 378. The Morgan fingerprint density at radius 3 is 1.26 bits per heavy atom.